The van der Waals surface area contributed by atoms with Gasteiger partial charge in [0, 0.05) is 48.8 Å². The number of hydrogen-bond acceptors (Lipinski definition) is 4. The summed E-state index contributed by atoms with van der Waals surface area (Å²) < 4.78 is 0. The molecule has 7 nitrogen and oxygen atoms in total. The molecule has 0 saturated carbocycles. The molecule has 0 radical (unpaired) electrons. The van der Waals surface area contributed by atoms with Crippen LogP contribution in [0.25, 0.3) is 22.2 Å². The van der Waals surface area contributed by atoms with E-state index in [-0.39, 0.29) is 6.03 Å². The Kier molecular flexibility index (Phi) is 4.91. The molecule has 4 rings (SSSR count). The van der Waals surface area contributed by atoms with Crippen LogP contribution in [0.5, 0.6) is 0 Å². The number of imidazole rings is 1. The van der Waals surface area contributed by atoms with Gasteiger partial charge < -0.3 is 15.2 Å². The standard InChI is InChI=1S/C20H24N6O/c1-2-22-20(27)25-19-23-16-11-15(14-7-6-8-21-13-14)18(12-17(16)24-19)26-9-4-3-5-10-26/h6-8,11-13H,2-5,9-10H2,1H3,(H3,22,23,24,25,27). The molecule has 0 bridgehead atoms. The molecule has 1 aliphatic rings. The smallest absolute Gasteiger partial charge is 0.321 e. The van der Waals surface area contributed by atoms with Crippen molar-refractivity contribution in [1.82, 2.24) is 20.3 Å². The number of carbonyl (C=O) groups excluding carboxylic acids is 1. The van der Waals surface area contributed by atoms with Gasteiger partial charge >= 0.3 is 6.03 Å². The minimum Gasteiger partial charge on any atom is -0.371 e. The summed E-state index contributed by atoms with van der Waals surface area (Å²) in [6, 6.07) is 7.98. The Balaban J connectivity index is 1.76. The number of anilines is 2. The summed E-state index contributed by atoms with van der Waals surface area (Å²) in [6.45, 7) is 4.54. The Morgan fingerprint density at radius 1 is 1.26 bits per heavy atom. The Morgan fingerprint density at radius 3 is 2.85 bits per heavy atom. The van der Waals surface area contributed by atoms with Crippen molar-refractivity contribution in [2.24, 2.45) is 0 Å². The highest BCUT2D eigenvalue weighted by Gasteiger charge is 2.18. The maximum atomic E-state index is 11.8. The first-order valence-corrected chi connectivity index (χ1v) is 9.48. The molecule has 0 aliphatic carbocycles. The summed E-state index contributed by atoms with van der Waals surface area (Å²) in [6.07, 6.45) is 7.36. The summed E-state index contributed by atoms with van der Waals surface area (Å²) in [5.74, 6) is 0.448. The van der Waals surface area contributed by atoms with Crippen molar-refractivity contribution in [3.8, 4) is 11.1 Å². The molecule has 3 heterocycles. The highest BCUT2D eigenvalue weighted by atomic mass is 16.2. The van der Waals surface area contributed by atoms with Crippen molar-refractivity contribution in [3.05, 3.63) is 36.7 Å². The molecule has 3 N–H and O–H groups in total. The van der Waals surface area contributed by atoms with Gasteiger partial charge in [0.1, 0.15) is 0 Å². The van der Waals surface area contributed by atoms with E-state index in [9.17, 15) is 4.79 Å². The first-order chi connectivity index (χ1) is 13.2. The molecule has 0 unspecified atom stereocenters. The molecule has 0 atom stereocenters. The summed E-state index contributed by atoms with van der Waals surface area (Å²) in [5.41, 5.74) is 5.11. The number of piperidine rings is 1. The Bertz CT molecular complexity index is 930. The zero-order valence-corrected chi connectivity index (χ0v) is 15.5. The SMILES string of the molecule is CCNC(=O)Nc1nc2cc(N3CCCCC3)c(-c3cccnc3)cc2[nH]1. The molecule has 1 aromatic carbocycles. The van der Waals surface area contributed by atoms with Gasteiger partial charge in [0.05, 0.1) is 11.0 Å². The summed E-state index contributed by atoms with van der Waals surface area (Å²) in [5, 5.41) is 5.46. The van der Waals surface area contributed by atoms with E-state index in [1.807, 2.05) is 19.2 Å². The van der Waals surface area contributed by atoms with E-state index in [0.717, 1.165) is 35.2 Å². The van der Waals surface area contributed by atoms with Gasteiger partial charge in [0.2, 0.25) is 5.95 Å². The number of nitrogens with zero attached hydrogens (tertiary/aromatic N) is 3. The number of aromatic nitrogens is 3. The van der Waals surface area contributed by atoms with Gasteiger partial charge in [-0.15, -0.1) is 0 Å². The van der Waals surface area contributed by atoms with Crippen LogP contribution < -0.4 is 15.5 Å². The number of pyridine rings is 1. The summed E-state index contributed by atoms with van der Waals surface area (Å²) in [4.78, 5) is 26.3. The molecular weight excluding hydrogens is 340 g/mol. The number of fused-ring (bicyclic) bond motifs is 1. The Morgan fingerprint density at radius 2 is 2.11 bits per heavy atom. The van der Waals surface area contributed by atoms with Crippen LogP contribution in [0.3, 0.4) is 0 Å². The van der Waals surface area contributed by atoms with E-state index >= 15 is 0 Å². The number of nitrogens with one attached hydrogen (secondary N) is 3. The molecule has 2 amide bonds. The molecule has 3 aromatic rings. The number of rotatable bonds is 4. The van der Waals surface area contributed by atoms with Gasteiger partial charge in [-0.25, -0.2) is 9.78 Å². The van der Waals surface area contributed by atoms with Gasteiger partial charge in [0.25, 0.3) is 0 Å². The fraction of sp³-hybridized carbons (Fsp3) is 0.350. The van der Waals surface area contributed by atoms with Crippen molar-refractivity contribution in [2.45, 2.75) is 26.2 Å². The van der Waals surface area contributed by atoms with Crippen LogP contribution in [-0.4, -0.2) is 40.6 Å². The molecule has 1 aliphatic heterocycles. The second kappa shape index (κ2) is 7.65. The Labute approximate surface area is 158 Å². The molecule has 1 saturated heterocycles. The van der Waals surface area contributed by atoms with Gasteiger partial charge in [0.15, 0.2) is 0 Å². The first-order valence-electron chi connectivity index (χ1n) is 9.48. The lowest BCUT2D eigenvalue weighted by Gasteiger charge is -2.30. The molecule has 2 aromatic heterocycles. The van der Waals surface area contributed by atoms with Gasteiger partial charge in [-0.05, 0) is 44.4 Å². The fourth-order valence-electron chi connectivity index (χ4n) is 3.57. The minimum absolute atomic E-state index is 0.264. The lowest BCUT2D eigenvalue weighted by atomic mass is 10.0. The fourth-order valence-corrected chi connectivity index (χ4v) is 3.57. The maximum absolute atomic E-state index is 11.8. The lowest BCUT2D eigenvalue weighted by molar-refractivity contribution is 0.252. The van der Waals surface area contributed by atoms with E-state index in [1.54, 1.807) is 6.20 Å². The predicted molar refractivity (Wildman–Crippen MR) is 108 cm³/mol. The van der Waals surface area contributed by atoms with Gasteiger partial charge in [-0.1, -0.05) is 6.07 Å². The van der Waals surface area contributed by atoms with Crippen molar-refractivity contribution in [1.29, 1.82) is 0 Å². The van der Waals surface area contributed by atoms with E-state index in [2.05, 4.69) is 48.7 Å². The minimum atomic E-state index is -0.264. The highest BCUT2D eigenvalue weighted by molar-refractivity contribution is 5.94. The maximum Gasteiger partial charge on any atom is 0.321 e. The second-order valence-corrected chi connectivity index (χ2v) is 6.75. The van der Waals surface area contributed by atoms with E-state index < -0.39 is 0 Å². The van der Waals surface area contributed by atoms with Crippen molar-refractivity contribution in [2.75, 3.05) is 29.9 Å². The predicted octanol–water partition coefficient (Wildman–Crippen LogP) is 3.76. The van der Waals surface area contributed by atoms with Crippen LogP contribution in [-0.2, 0) is 0 Å². The third kappa shape index (κ3) is 3.72. The Hall–Kier alpha value is -3.09. The molecule has 27 heavy (non-hydrogen) atoms. The zero-order chi connectivity index (χ0) is 18.6. The molecular formula is C20H24N6O. The van der Waals surface area contributed by atoms with E-state index in [4.69, 9.17) is 0 Å². The number of aromatic amines is 1. The second-order valence-electron chi connectivity index (χ2n) is 6.75. The molecule has 7 heteroatoms. The number of hydrogen-bond donors (Lipinski definition) is 3. The average molecular weight is 364 g/mol. The summed E-state index contributed by atoms with van der Waals surface area (Å²) in [7, 11) is 0. The number of carbonyl (C=O) groups is 1. The lowest BCUT2D eigenvalue weighted by Crippen LogP contribution is -2.29. The van der Waals surface area contributed by atoms with Crippen LogP contribution in [0, 0.1) is 0 Å². The number of amides is 2. The average Bonchev–Trinajstić information content (AvgIpc) is 3.09. The number of urea groups is 1. The van der Waals surface area contributed by atoms with Crippen molar-refractivity contribution >= 4 is 28.7 Å². The molecule has 0 spiro atoms. The van der Waals surface area contributed by atoms with E-state index in [1.165, 1.54) is 24.9 Å². The third-order valence-electron chi connectivity index (χ3n) is 4.84. The topological polar surface area (TPSA) is 85.9 Å². The quantitative estimate of drug-likeness (QED) is 0.658. The van der Waals surface area contributed by atoms with Gasteiger partial charge in [-0.2, -0.15) is 0 Å². The zero-order valence-electron chi connectivity index (χ0n) is 15.5. The van der Waals surface area contributed by atoms with Crippen LogP contribution in [0.2, 0.25) is 0 Å². The number of H-pyrrole nitrogens is 1. The van der Waals surface area contributed by atoms with Crippen LogP contribution in [0.4, 0.5) is 16.4 Å². The van der Waals surface area contributed by atoms with Crippen LogP contribution in [0.1, 0.15) is 26.2 Å². The van der Waals surface area contributed by atoms with Crippen LogP contribution in [0.15, 0.2) is 36.7 Å². The van der Waals surface area contributed by atoms with Crippen molar-refractivity contribution < 1.29 is 4.79 Å². The first kappa shape index (κ1) is 17.3. The highest BCUT2D eigenvalue weighted by Crippen LogP contribution is 2.35. The van der Waals surface area contributed by atoms with E-state index in [0.29, 0.717) is 12.5 Å². The van der Waals surface area contributed by atoms with Crippen LogP contribution >= 0.6 is 0 Å². The molecule has 140 valence electrons. The van der Waals surface area contributed by atoms with Gasteiger partial charge in [-0.3, -0.25) is 10.3 Å². The molecule has 1 fully saturated rings. The number of benzene rings is 1. The van der Waals surface area contributed by atoms with Crippen molar-refractivity contribution in [3.63, 3.8) is 0 Å². The summed E-state index contributed by atoms with van der Waals surface area (Å²) >= 11 is 0. The third-order valence-corrected chi connectivity index (χ3v) is 4.84. The monoisotopic (exact) mass is 364 g/mol. The normalized spacial score (nSPS) is 14.3. The largest absolute Gasteiger partial charge is 0.371 e.